The maximum Gasteiger partial charge on any atom is 0.230 e. The Morgan fingerprint density at radius 3 is 2.39 bits per heavy atom. The van der Waals surface area contributed by atoms with Gasteiger partial charge in [0.25, 0.3) is 0 Å². The van der Waals surface area contributed by atoms with Crippen LogP contribution < -0.4 is 5.32 Å². The van der Waals surface area contributed by atoms with Crippen molar-refractivity contribution >= 4 is 40.9 Å². The fraction of sp³-hybridized carbons (Fsp3) is 0.125. The lowest BCUT2D eigenvalue weighted by molar-refractivity contribution is -0.119. The van der Waals surface area contributed by atoms with Crippen LogP contribution in [0, 0.1) is 0 Å². The van der Waals surface area contributed by atoms with Crippen LogP contribution in [-0.4, -0.2) is 38.1 Å². The van der Waals surface area contributed by atoms with Crippen LogP contribution in [-0.2, 0) is 4.79 Å². The molecule has 0 radical (unpaired) electrons. The van der Waals surface area contributed by atoms with E-state index in [4.69, 9.17) is 23.2 Å². The zero-order valence-corrected chi connectivity index (χ0v) is 19.7. The lowest BCUT2D eigenvalue weighted by atomic mass is 10.1. The highest BCUT2D eigenvalue weighted by Crippen LogP contribution is 2.33. The van der Waals surface area contributed by atoms with Crippen LogP contribution in [0.15, 0.2) is 84.0 Å². The lowest BCUT2D eigenvalue weighted by Crippen LogP contribution is -2.29. The summed E-state index contributed by atoms with van der Waals surface area (Å²) in [6, 6.07) is 24.0. The third kappa shape index (κ3) is 5.75. The molecule has 1 amide bonds. The van der Waals surface area contributed by atoms with E-state index in [1.807, 2.05) is 65.2 Å². The molecule has 1 heterocycles. The number of thioether (sulfide) groups is 1. The quantitative estimate of drug-likeness (QED) is 0.327. The van der Waals surface area contributed by atoms with Crippen molar-refractivity contribution in [2.75, 3.05) is 12.3 Å². The van der Waals surface area contributed by atoms with Gasteiger partial charge in [0.15, 0.2) is 11.0 Å². The van der Waals surface area contributed by atoms with Crippen molar-refractivity contribution in [1.82, 2.24) is 20.1 Å². The maximum absolute atomic E-state index is 12.4. The van der Waals surface area contributed by atoms with Crippen LogP contribution in [0.4, 0.5) is 0 Å². The monoisotopic (exact) mass is 498 g/mol. The molecule has 4 aromatic rings. The number of rotatable bonds is 8. The highest BCUT2D eigenvalue weighted by Gasteiger charge is 2.19. The molecule has 1 atom stereocenters. The molecule has 0 bridgehead atoms. The van der Waals surface area contributed by atoms with E-state index in [2.05, 4.69) is 15.5 Å². The Balaban J connectivity index is 1.51. The summed E-state index contributed by atoms with van der Waals surface area (Å²) in [6.07, 6.45) is -0.772. The van der Waals surface area contributed by atoms with Gasteiger partial charge in [0, 0.05) is 22.8 Å². The molecule has 0 spiro atoms. The van der Waals surface area contributed by atoms with E-state index in [1.54, 1.807) is 18.2 Å². The topological polar surface area (TPSA) is 80.0 Å². The van der Waals surface area contributed by atoms with Crippen molar-refractivity contribution in [3.8, 4) is 17.1 Å². The summed E-state index contributed by atoms with van der Waals surface area (Å²) in [4.78, 5) is 12.4. The highest BCUT2D eigenvalue weighted by atomic mass is 35.5. The molecule has 1 aromatic heterocycles. The Morgan fingerprint density at radius 1 is 1.00 bits per heavy atom. The number of benzene rings is 3. The number of hydrogen-bond acceptors (Lipinski definition) is 5. The molecule has 3 aromatic carbocycles. The molecule has 1 unspecified atom stereocenters. The van der Waals surface area contributed by atoms with Gasteiger partial charge in [-0.2, -0.15) is 0 Å². The molecule has 0 aliphatic rings. The van der Waals surface area contributed by atoms with Crippen LogP contribution in [0.2, 0.25) is 10.0 Å². The van der Waals surface area contributed by atoms with Gasteiger partial charge >= 0.3 is 0 Å². The predicted octanol–water partition coefficient (Wildman–Crippen LogP) is 5.18. The van der Waals surface area contributed by atoms with Gasteiger partial charge in [-0.05, 0) is 35.9 Å². The molecule has 2 N–H and O–H groups in total. The minimum Gasteiger partial charge on any atom is -0.387 e. The summed E-state index contributed by atoms with van der Waals surface area (Å²) in [5.74, 6) is 0.440. The highest BCUT2D eigenvalue weighted by molar-refractivity contribution is 7.99. The van der Waals surface area contributed by atoms with E-state index < -0.39 is 6.10 Å². The predicted molar refractivity (Wildman–Crippen MR) is 132 cm³/mol. The van der Waals surface area contributed by atoms with E-state index in [0.717, 1.165) is 11.3 Å². The molecular formula is C24H20Cl2N4O2S. The number of halogens is 2. The van der Waals surface area contributed by atoms with Gasteiger partial charge in [-0.25, -0.2) is 0 Å². The summed E-state index contributed by atoms with van der Waals surface area (Å²) in [5.41, 5.74) is 2.27. The Bertz CT molecular complexity index is 1240. The third-order valence-corrected chi connectivity index (χ3v) is 6.31. The number of carbonyl (C=O) groups excluding carboxylic acids is 1. The number of carbonyl (C=O) groups is 1. The van der Waals surface area contributed by atoms with Gasteiger partial charge in [-0.3, -0.25) is 9.36 Å². The minimum atomic E-state index is -0.772. The van der Waals surface area contributed by atoms with Gasteiger partial charge in [-0.1, -0.05) is 83.5 Å². The second kappa shape index (κ2) is 10.9. The first kappa shape index (κ1) is 23.3. The second-order valence-electron chi connectivity index (χ2n) is 7.12. The van der Waals surface area contributed by atoms with Crippen LogP contribution in [0.3, 0.4) is 0 Å². The fourth-order valence-electron chi connectivity index (χ4n) is 3.20. The molecule has 0 saturated carbocycles. The van der Waals surface area contributed by atoms with Crippen molar-refractivity contribution in [1.29, 1.82) is 0 Å². The summed E-state index contributed by atoms with van der Waals surface area (Å²) < 4.78 is 1.85. The Kier molecular flexibility index (Phi) is 7.67. The third-order valence-electron chi connectivity index (χ3n) is 4.83. The number of aliphatic hydroxyl groups is 1. The summed E-state index contributed by atoms with van der Waals surface area (Å²) >= 11 is 13.7. The number of nitrogens with one attached hydrogen (secondary N) is 1. The molecule has 168 valence electrons. The van der Waals surface area contributed by atoms with Gasteiger partial charge in [0.05, 0.1) is 16.9 Å². The first-order valence-electron chi connectivity index (χ1n) is 10.1. The van der Waals surface area contributed by atoms with Gasteiger partial charge < -0.3 is 10.4 Å². The number of hydrogen-bond donors (Lipinski definition) is 2. The lowest BCUT2D eigenvalue weighted by Gasteiger charge is -2.13. The van der Waals surface area contributed by atoms with Gasteiger partial charge in [0.1, 0.15) is 0 Å². The van der Waals surface area contributed by atoms with Crippen LogP contribution in [0.1, 0.15) is 11.7 Å². The molecule has 0 saturated heterocycles. The van der Waals surface area contributed by atoms with Crippen LogP contribution >= 0.6 is 35.0 Å². The Labute approximate surface area is 205 Å². The molecule has 4 rings (SSSR count). The smallest absolute Gasteiger partial charge is 0.230 e. The average Bonchev–Trinajstić information content (AvgIpc) is 3.26. The number of amides is 1. The van der Waals surface area contributed by atoms with Crippen molar-refractivity contribution in [3.05, 3.63) is 94.5 Å². The molecule has 33 heavy (non-hydrogen) atoms. The van der Waals surface area contributed by atoms with Crippen molar-refractivity contribution in [3.63, 3.8) is 0 Å². The normalized spacial score (nSPS) is 11.8. The zero-order chi connectivity index (χ0) is 23.2. The molecule has 9 heteroatoms. The fourth-order valence-corrected chi connectivity index (χ4v) is 4.48. The standard InChI is InChI=1S/C24H20Cl2N4O2S/c25-17-11-12-19(20(26)13-17)23-28-29-24(30(23)18-9-5-2-6-10-18)33-15-22(32)27-14-21(31)16-7-3-1-4-8-16/h1-13,21,31H,14-15H2,(H,27,32). The average molecular weight is 499 g/mol. The Hall–Kier alpha value is -2.84. The van der Waals surface area contributed by atoms with Gasteiger partial charge in [-0.15, -0.1) is 10.2 Å². The number of aliphatic hydroxyl groups excluding tert-OH is 1. The molecule has 0 aliphatic carbocycles. The maximum atomic E-state index is 12.4. The molecule has 0 aliphatic heterocycles. The second-order valence-corrected chi connectivity index (χ2v) is 8.91. The van der Waals surface area contributed by atoms with Crippen LogP contribution in [0.5, 0.6) is 0 Å². The summed E-state index contributed by atoms with van der Waals surface area (Å²) in [7, 11) is 0. The largest absolute Gasteiger partial charge is 0.387 e. The molecule has 6 nitrogen and oxygen atoms in total. The van der Waals surface area contributed by atoms with E-state index in [1.165, 1.54) is 11.8 Å². The first-order valence-corrected chi connectivity index (χ1v) is 11.9. The van der Waals surface area contributed by atoms with Crippen molar-refractivity contribution in [2.45, 2.75) is 11.3 Å². The number of para-hydroxylation sites is 1. The SMILES string of the molecule is O=C(CSc1nnc(-c2ccc(Cl)cc2Cl)n1-c1ccccc1)NCC(O)c1ccccc1. The first-order chi connectivity index (χ1) is 16.0. The Morgan fingerprint density at radius 2 is 1.70 bits per heavy atom. The zero-order valence-electron chi connectivity index (χ0n) is 17.4. The van der Waals surface area contributed by atoms with E-state index in [-0.39, 0.29) is 18.2 Å². The number of aromatic nitrogens is 3. The van der Waals surface area contributed by atoms with Crippen LogP contribution in [0.25, 0.3) is 17.1 Å². The minimum absolute atomic E-state index is 0.112. The van der Waals surface area contributed by atoms with E-state index >= 15 is 0 Å². The van der Waals surface area contributed by atoms with Gasteiger partial charge in [0.2, 0.25) is 5.91 Å². The number of nitrogens with zero attached hydrogens (tertiary/aromatic N) is 3. The van der Waals surface area contributed by atoms with E-state index in [0.29, 0.717) is 26.6 Å². The van der Waals surface area contributed by atoms with Crippen molar-refractivity contribution < 1.29 is 9.90 Å². The van der Waals surface area contributed by atoms with Crippen molar-refractivity contribution in [2.24, 2.45) is 0 Å². The summed E-state index contributed by atoms with van der Waals surface area (Å²) in [6.45, 7) is 0.125. The van der Waals surface area contributed by atoms with E-state index in [9.17, 15) is 9.90 Å². The summed E-state index contributed by atoms with van der Waals surface area (Å²) in [5, 5.41) is 23.2. The molecule has 0 fully saturated rings. The molecular weight excluding hydrogens is 479 g/mol.